The number of hydrogen-bond donors (Lipinski definition) is 1. The molecule has 1 amide bonds. The summed E-state index contributed by atoms with van der Waals surface area (Å²) in [7, 11) is 5.60. The Hall–Kier alpha value is -2.70. The van der Waals surface area contributed by atoms with Crippen LogP contribution in [0, 0.1) is 0 Å². The Labute approximate surface area is 141 Å². The van der Waals surface area contributed by atoms with E-state index in [2.05, 4.69) is 34.1 Å². The summed E-state index contributed by atoms with van der Waals surface area (Å²) in [5.74, 6) is 2.19. The zero-order valence-corrected chi connectivity index (χ0v) is 14.7. The number of amides is 1. The van der Waals surface area contributed by atoms with Gasteiger partial charge in [-0.05, 0) is 23.8 Å². The van der Waals surface area contributed by atoms with Crippen LogP contribution < -0.4 is 15.1 Å². The Balaban J connectivity index is 1.92. The highest BCUT2D eigenvalue weighted by atomic mass is 16.2. The van der Waals surface area contributed by atoms with Crippen LogP contribution in [0.1, 0.15) is 31.2 Å². The molecule has 24 heavy (non-hydrogen) atoms. The van der Waals surface area contributed by atoms with Gasteiger partial charge in [-0.2, -0.15) is 15.0 Å². The van der Waals surface area contributed by atoms with Gasteiger partial charge in [0.25, 0.3) is 0 Å². The number of hydrogen-bond acceptors (Lipinski definition) is 6. The molecule has 2 aromatic rings. The molecule has 3 rings (SSSR count). The van der Waals surface area contributed by atoms with Gasteiger partial charge in [-0.3, -0.25) is 4.79 Å². The van der Waals surface area contributed by atoms with E-state index >= 15 is 0 Å². The van der Waals surface area contributed by atoms with Gasteiger partial charge in [0.1, 0.15) is 5.82 Å². The van der Waals surface area contributed by atoms with Gasteiger partial charge < -0.3 is 15.1 Å². The molecule has 0 aliphatic carbocycles. The lowest BCUT2D eigenvalue weighted by molar-refractivity contribution is -0.117. The lowest BCUT2D eigenvalue weighted by Crippen LogP contribution is -2.20. The summed E-state index contributed by atoms with van der Waals surface area (Å²) in [6.45, 7) is 4.10. The van der Waals surface area contributed by atoms with E-state index in [9.17, 15) is 4.79 Å². The fraction of sp³-hybridized carbons (Fsp3) is 0.412. The van der Waals surface area contributed by atoms with Gasteiger partial charge >= 0.3 is 0 Å². The van der Waals surface area contributed by atoms with Crippen molar-refractivity contribution in [1.82, 2.24) is 15.0 Å². The molecule has 1 aliphatic rings. The topological polar surface area (TPSA) is 74.2 Å². The minimum atomic E-state index is 0.110. The SMILES string of the molecule is CC(C)c1nc(Nc2ccc3c(c2)CC(=O)N3C)nc(N(C)C)n1. The predicted octanol–water partition coefficient (Wildman–Crippen LogP) is 2.32. The van der Waals surface area contributed by atoms with Crippen LogP contribution in [0.25, 0.3) is 0 Å². The molecule has 0 unspecified atom stereocenters. The molecular formula is C17H22N6O. The maximum absolute atomic E-state index is 11.8. The second kappa shape index (κ2) is 6.07. The number of aromatic nitrogens is 3. The monoisotopic (exact) mass is 326 g/mol. The summed E-state index contributed by atoms with van der Waals surface area (Å²) in [4.78, 5) is 28.8. The summed E-state index contributed by atoms with van der Waals surface area (Å²) in [5, 5.41) is 3.24. The maximum Gasteiger partial charge on any atom is 0.232 e. The number of anilines is 4. The molecule has 1 aromatic heterocycles. The molecule has 0 bridgehead atoms. The molecule has 0 saturated heterocycles. The lowest BCUT2D eigenvalue weighted by Gasteiger charge is -2.15. The standard InChI is InChI=1S/C17H22N6O/c1-10(2)15-19-16(21-17(20-15)22(3)4)18-12-6-7-13-11(8-12)9-14(24)23(13)5/h6-8,10H,9H2,1-5H3,(H,18,19,20,21). The molecule has 1 N–H and O–H groups in total. The Morgan fingerprint density at radius 2 is 1.96 bits per heavy atom. The number of carbonyl (C=O) groups excluding carboxylic acids is 1. The number of carbonyl (C=O) groups is 1. The van der Waals surface area contributed by atoms with Gasteiger partial charge in [-0.25, -0.2) is 0 Å². The van der Waals surface area contributed by atoms with Gasteiger partial charge in [-0.1, -0.05) is 13.8 Å². The zero-order valence-electron chi connectivity index (χ0n) is 14.7. The smallest absolute Gasteiger partial charge is 0.232 e. The van der Waals surface area contributed by atoms with E-state index in [-0.39, 0.29) is 11.8 Å². The number of benzene rings is 1. The predicted molar refractivity (Wildman–Crippen MR) is 95.1 cm³/mol. The normalized spacial score (nSPS) is 13.4. The third kappa shape index (κ3) is 3.02. The molecule has 2 heterocycles. The van der Waals surface area contributed by atoms with E-state index < -0.39 is 0 Å². The second-order valence-electron chi connectivity index (χ2n) is 6.46. The van der Waals surface area contributed by atoms with Gasteiger partial charge in [0.2, 0.25) is 17.8 Å². The number of fused-ring (bicyclic) bond motifs is 1. The van der Waals surface area contributed by atoms with Crippen molar-refractivity contribution in [3.05, 3.63) is 29.6 Å². The van der Waals surface area contributed by atoms with Crippen LogP contribution in [0.4, 0.5) is 23.3 Å². The summed E-state index contributed by atoms with van der Waals surface area (Å²) >= 11 is 0. The summed E-state index contributed by atoms with van der Waals surface area (Å²) in [6, 6.07) is 5.85. The fourth-order valence-corrected chi connectivity index (χ4v) is 2.57. The second-order valence-corrected chi connectivity index (χ2v) is 6.46. The van der Waals surface area contributed by atoms with Crippen molar-refractivity contribution < 1.29 is 4.79 Å². The Morgan fingerprint density at radius 1 is 1.21 bits per heavy atom. The average Bonchev–Trinajstić information content (AvgIpc) is 2.81. The highest BCUT2D eigenvalue weighted by Crippen LogP contribution is 2.30. The third-order valence-corrected chi connectivity index (χ3v) is 3.97. The molecule has 0 atom stereocenters. The van der Waals surface area contributed by atoms with Crippen LogP contribution in [-0.4, -0.2) is 42.0 Å². The molecule has 1 aromatic carbocycles. The summed E-state index contributed by atoms with van der Waals surface area (Å²) in [6.07, 6.45) is 0.429. The highest BCUT2D eigenvalue weighted by Gasteiger charge is 2.24. The van der Waals surface area contributed by atoms with Gasteiger partial charge in [0, 0.05) is 38.4 Å². The van der Waals surface area contributed by atoms with Crippen molar-refractivity contribution >= 4 is 29.2 Å². The van der Waals surface area contributed by atoms with Crippen molar-refractivity contribution in [2.45, 2.75) is 26.2 Å². The van der Waals surface area contributed by atoms with Crippen LogP contribution in [0.2, 0.25) is 0 Å². The highest BCUT2D eigenvalue weighted by molar-refractivity contribution is 6.01. The summed E-state index contributed by atoms with van der Waals surface area (Å²) in [5.41, 5.74) is 2.83. The van der Waals surface area contributed by atoms with Crippen molar-refractivity contribution in [3.63, 3.8) is 0 Å². The van der Waals surface area contributed by atoms with Gasteiger partial charge in [0.15, 0.2) is 0 Å². The Kier molecular flexibility index (Phi) is 4.09. The molecule has 0 saturated carbocycles. The van der Waals surface area contributed by atoms with E-state index in [0.29, 0.717) is 18.3 Å². The number of likely N-dealkylation sites (N-methyl/N-ethyl adjacent to an activating group) is 1. The minimum Gasteiger partial charge on any atom is -0.347 e. The molecule has 1 aliphatic heterocycles. The third-order valence-electron chi connectivity index (χ3n) is 3.97. The molecule has 0 fully saturated rings. The fourth-order valence-electron chi connectivity index (χ4n) is 2.57. The van der Waals surface area contributed by atoms with Crippen molar-refractivity contribution in [2.24, 2.45) is 0 Å². The van der Waals surface area contributed by atoms with Crippen LogP contribution in [-0.2, 0) is 11.2 Å². The first-order chi connectivity index (χ1) is 11.3. The van der Waals surface area contributed by atoms with Crippen molar-refractivity contribution in [2.75, 3.05) is 36.3 Å². The molecule has 7 nitrogen and oxygen atoms in total. The van der Waals surface area contributed by atoms with E-state index in [1.807, 2.05) is 37.2 Å². The van der Waals surface area contributed by atoms with E-state index in [4.69, 9.17) is 0 Å². The summed E-state index contributed by atoms with van der Waals surface area (Å²) < 4.78 is 0. The number of nitrogens with one attached hydrogen (secondary N) is 1. The quantitative estimate of drug-likeness (QED) is 0.929. The first-order valence-corrected chi connectivity index (χ1v) is 7.95. The van der Waals surface area contributed by atoms with Gasteiger partial charge in [-0.15, -0.1) is 0 Å². The van der Waals surface area contributed by atoms with Crippen molar-refractivity contribution in [1.29, 1.82) is 0 Å². The molecule has 7 heteroatoms. The number of nitrogens with zero attached hydrogens (tertiary/aromatic N) is 5. The average molecular weight is 326 g/mol. The molecule has 126 valence electrons. The molecular weight excluding hydrogens is 304 g/mol. The van der Waals surface area contributed by atoms with Crippen molar-refractivity contribution in [3.8, 4) is 0 Å². The largest absolute Gasteiger partial charge is 0.347 e. The minimum absolute atomic E-state index is 0.110. The molecule has 0 spiro atoms. The zero-order chi connectivity index (χ0) is 17.4. The van der Waals surface area contributed by atoms with E-state index in [1.165, 1.54) is 0 Å². The van der Waals surface area contributed by atoms with Crippen LogP contribution in [0.3, 0.4) is 0 Å². The van der Waals surface area contributed by atoms with Crippen LogP contribution in [0.15, 0.2) is 18.2 Å². The van der Waals surface area contributed by atoms with Crippen LogP contribution >= 0.6 is 0 Å². The Morgan fingerprint density at radius 3 is 2.62 bits per heavy atom. The van der Waals surface area contributed by atoms with Crippen LogP contribution in [0.5, 0.6) is 0 Å². The van der Waals surface area contributed by atoms with Gasteiger partial charge in [0.05, 0.1) is 6.42 Å². The lowest BCUT2D eigenvalue weighted by atomic mass is 10.1. The first-order valence-electron chi connectivity index (χ1n) is 7.95. The maximum atomic E-state index is 11.8. The first kappa shape index (κ1) is 16.2. The Bertz CT molecular complexity index is 760. The molecule has 0 radical (unpaired) electrons. The van der Waals surface area contributed by atoms with E-state index in [1.54, 1.807) is 11.9 Å². The van der Waals surface area contributed by atoms with E-state index in [0.717, 1.165) is 22.8 Å². The number of rotatable bonds is 4.